The molecule has 2 heterocycles. The van der Waals surface area contributed by atoms with Gasteiger partial charge in [0.15, 0.2) is 0 Å². The largest absolute Gasteiger partial charge is 0.352 e. The van der Waals surface area contributed by atoms with Crippen molar-refractivity contribution in [3.05, 3.63) is 41.2 Å². The van der Waals surface area contributed by atoms with E-state index in [9.17, 15) is 9.18 Å². The van der Waals surface area contributed by atoms with E-state index in [1.165, 1.54) is 12.1 Å². The van der Waals surface area contributed by atoms with Crippen LogP contribution in [0.3, 0.4) is 0 Å². The van der Waals surface area contributed by atoms with E-state index in [-0.39, 0.29) is 17.8 Å². The monoisotopic (exact) mass is 388 g/mol. The van der Waals surface area contributed by atoms with Gasteiger partial charge in [0, 0.05) is 49.7 Å². The van der Waals surface area contributed by atoms with E-state index in [0.717, 1.165) is 61.8 Å². The van der Waals surface area contributed by atoms with E-state index in [1.807, 2.05) is 6.92 Å². The highest BCUT2D eigenvalue weighted by molar-refractivity contribution is 7.13. The van der Waals surface area contributed by atoms with Gasteiger partial charge in [0.25, 0.3) is 0 Å². The summed E-state index contributed by atoms with van der Waals surface area (Å²) in [5.74, 6) is -0.0668. The summed E-state index contributed by atoms with van der Waals surface area (Å²) in [5, 5.41) is 6.10. The van der Waals surface area contributed by atoms with Crippen LogP contribution in [0.5, 0.6) is 0 Å². The number of nitrogens with one attached hydrogen (secondary N) is 1. The molecule has 1 aliphatic heterocycles. The van der Waals surface area contributed by atoms with Crippen LogP contribution in [-0.2, 0) is 11.3 Å². The number of carbonyl (C=O) groups excluding carboxylic acids is 1. The van der Waals surface area contributed by atoms with Crippen LogP contribution < -0.4 is 5.32 Å². The first-order valence-corrected chi connectivity index (χ1v) is 10.4. The van der Waals surface area contributed by atoms with E-state index >= 15 is 0 Å². The van der Waals surface area contributed by atoms with Crippen molar-refractivity contribution in [3.8, 4) is 10.6 Å². The first-order valence-electron chi connectivity index (χ1n) is 9.55. The van der Waals surface area contributed by atoms with E-state index in [2.05, 4.69) is 20.5 Å². The smallest absolute Gasteiger partial charge is 0.237 e. The summed E-state index contributed by atoms with van der Waals surface area (Å²) in [6, 6.07) is 6.83. The van der Waals surface area contributed by atoms with Crippen molar-refractivity contribution in [1.29, 1.82) is 0 Å². The van der Waals surface area contributed by atoms with Crippen LogP contribution in [0.1, 0.15) is 25.5 Å². The van der Waals surface area contributed by atoms with E-state index in [0.29, 0.717) is 6.04 Å². The summed E-state index contributed by atoms with van der Waals surface area (Å²) < 4.78 is 13.1. The SMILES string of the molecule is CC(C(=O)NC1CC1)N1CCN(Cc2csc(-c3ccc(F)cc3)n2)CC1. The second-order valence-corrected chi connectivity index (χ2v) is 8.28. The van der Waals surface area contributed by atoms with Gasteiger partial charge in [-0.25, -0.2) is 9.37 Å². The molecule has 2 fully saturated rings. The summed E-state index contributed by atoms with van der Waals surface area (Å²) in [5.41, 5.74) is 2.00. The predicted molar refractivity (Wildman–Crippen MR) is 105 cm³/mol. The number of hydrogen-bond donors (Lipinski definition) is 1. The number of thiazole rings is 1. The summed E-state index contributed by atoms with van der Waals surface area (Å²) in [4.78, 5) is 21.6. The fourth-order valence-electron chi connectivity index (χ4n) is 3.36. The molecule has 0 spiro atoms. The molecule has 0 bridgehead atoms. The number of aromatic nitrogens is 1. The zero-order valence-corrected chi connectivity index (χ0v) is 16.3. The maximum Gasteiger partial charge on any atom is 0.237 e. The van der Waals surface area contributed by atoms with E-state index in [1.54, 1.807) is 23.5 Å². The molecule has 27 heavy (non-hydrogen) atoms. The predicted octanol–water partition coefficient (Wildman–Crippen LogP) is 2.73. The Morgan fingerprint density at radius 3 is 2.63 bits per heavy atom. The third kappa shape index (κ3) is 4.72. The molecule has 7 heteroatoms. The molecule has 1 saturated heterocycles. The van der Waals surface area contributed by atoms with Crippen LogP contribution in [0.15, 0.2) is 29.6 Å². The molecule has 1 aromatic heterocycles. The summed E-state index contributed by atoms with van der Waals surface area (Å²) in [6.45, 7) is 6.48. The zero-order chi connectivity index (χ0) is 18.8. The molecular weight excluding hydrogens is 363 g/mol. The highest BCUT2D eigenvalue weighted by atomic mass is 32.1. The van der Waals surface area contributed by atoms with Crippen molar-refractivity contribution in [3.63, 3.8) is 0 Å². The maximum atomic E-state index is 13.1. The maximum absolute atomic E-state index is 13.1. The number of carbonyl (C=O) groups is 1. The molecule has 144 valence electrons. The van der Waals surface area contributed by atoms with Gasteiger partial charge in [-0.05, 0) is 44.0 Å². The van der Waals surface area contributed by atoms with Gasteiger partial charge in [-0.2, -0.15) is 0 Å². The molecule has 1 N–H and O–H groups in total. The van der Waals surface area contributed by atoms with E-state index < -0.39 is 0 Å². The number of nitrogens with zero attached hydrogens (tertiary/aromatic N) is 3. The Bertz CT molecular complexity index is 782. The first kappa shape index (κ1) is 18.5. The van der Waals surface area contributed by atoms with E-state index in [4.69, 9.17) is 4.98 Å². The Morgan fingerprint density at radius 1 is 1.26 bits per heavy atom. The average Bonchev–Trinajstić information content (AvgIpc) is 3.37. The molecule has 2 aliphatic rings. The first-order chi connectivity index (χ1) is 13.1. The Hall–Kier alpha value is -1.83. The van der Waals surface area contributed by atoms with Crippen LogP contribution in [0.2, 0.25) is 0 Å². The minimum absolute atomic E-state index is 0.0582. The third-order valence-electron chi connectivity index (χ3n) is 5.29. The summed E-state index contributed by atoms with van der Waals surface area (Å²) in [6.07, 6.45) is 2.25. The van der Waals surface area contributed by atoms with Crippen molar-refractivity contribution < 1.29 is 9.18 Å². The van der Waals surface area contributed by atoms with Crippen LogP contribution in [0.25, 0.3) is 10.6 Å². The topological polar surface area (TPSA) is 48.5 Å². The quantitative estimate of drug-likeness (QED) is 0.827. The van der Waals surface area contributed by atoms with Gasteiger partial charge in [-0.1, -0.05) is 0 Å². The molecule has 1 aliphatic carbocycles. The molecule has 1 saturated carbocycles. The number of benzene rings is 1. The van der Waals surface area contributed by atoms with Gasteiger partial charge < -0.3 is 5.32 Å². The molecule has 5 nitrogen and oxygen atoms in total. The molecule has 2 aromatic rings. The molecule has 1 unspecified atom stereocenters. The summed E-state index contributed by atoms with van der Waals surface area (Å²) in [7, 11) is 0. The van der Waals surface area contributed by atoms with Crippen LogP contribution in [0, 0.1) is 5.82 Å². The van der Waals surface area contributed by atoms with Crippen molar-refractivity contribution >= 4 is 17.2 Å². The third-order valence-corrected chi connectivity index (χ3v) is 6.23. The standard InChI is InChI=1S/C20H25FN4OS/c1-14(19(26)22-17-6-7-17)25-10-8-24(9-11-25)12-18-13-27-20(23-18)15-2-4-16(21)5-3-15/h2-5,13-14,17H,6-12H2,1H3,(H,22,26). The Kier molecular flexibility index (Phi) is 5.52. The zero-order valence-electron chi connectivity index (χ0n) is 15.5. The average molecular weight is 389 g/mol. The fraction of sp³-hybridized carbons (Fsp3) is 0.500. The number of hydrogen-bond acceptors (Lipinski definition) is 5. The molecule has 1 aromatic carbocycles. The van der Waals surface area contributed by atoms with Gasteiger partial charge >= 0.3 is 0 Å². The van der Waals surface area contributed by atoms with Crippen LogP contribution in [0.4, 0.5) is 4.39 Å². The lowest BCUT2D eigenvalue weighted by Crippen LogP contribution is -2.53. The highest BCUT2D eigenvalue weighted by Gasteiger charge is 2.30. The van der Waals surface area contributed by atoms with Gasteiger partial charge in [0.1, 0.15) is 10.8 Å². The summed E-state index contributed by atoms with van der Waals surface area (Å²) >= 11 is 1.59. The number of amides is 1. The number of rotatable bonds is 6. The van der Waals surface area contributed by atoms with Crippen molar-refractivity contribution in [2.24, 2.45) is 0 Å². The van der Waals surface area contributed by atoms with Gasteiger partial charge in [-0.15, -0.1) is 11.3 Å². The Morgan fingerprint density at radius 2 is 1.96 bits per heavy atom. The lowest BCUT2D eigenvalue weighted by Gasteiger charge is -2.37. The van der Waals surface area contributed by atoms with Crippen molar-refractivity contribution in [2.45, 2.75) is 38.4 Å². The second kappa shape index (κ2) is 8.04. The van der Waals surface area contributed by atoms with Gasteiger partial charge in [-0.3, -0.25) is 14.6 Å². The van der Waals surface area contributed by atoms with Crippen LogP contribution in [-0.4, -0.2) is 59.0 Å². The minimum atomic E-state index is -0.228. The lowest BCUT2D eigenvalue weighted by atomic mass is 10.2. The highest BCUT2D eigenvalue weighted by Crippen LogP contribution is 2.25. The normalized spacial score (nSPS) is 19.8. The lowest BCUT2D eigenvalue weighted by molar-refractivity contribution is -0.126. The second-order valence-electron chi connectivity index (χ2n) is 7.42. The van der Waals surface area contributed by atoms with Crippen LogP contribution >= 0.6 is 11.3 Å². The van der Waals surface area contributed by atoms with Crippen molar-refractivity contribution in [1.82, 2.24) is 20.1 Å². The minimum Gasteiger partial charge on any atom is -0.352 e. The molecule has 1 atom stereocenters. The molecule has 0 radical (unpaired) electrons. The number of halogens is 1. The van der Waals surface area contributed by atoms with Gasteiger partial charge in [0.2, 0.25) is 5.91 Å². The Balaban J connectivity index is 1.28. The molecule has 1 amide bonds. The van der Waals surface area contributed by atoms with Gasteiger partial charge in [0.05, 0.1) is 11.7 Å². The fourth-order valence-corrected chi connectivity index (χ4v) is 4.17. The Labute approximate surface area is 163 Å². The van der Waals surface area contributed by atoms with Crippen molar-refractivity contribution in [2.75, 3.05) is 26.2 Å². The molecule has 4 rings (SSSR count). The number of piperazine rings is 1. The molecular formula is C20H25FN4OS.